The summed E-state index contributed by atoms with van der Waals surface area (Å²) in [6.07, 6.45) is 7.32. The molecule has 0 aliphatic carbocycles. The second-order valence-corrected chi connectivity index (χ2v) is 8.41. The molecule has 6 aromatic rings. The van der Waals surface area contributed by atoms with Crippen LogP contribution in [0.25, 0.3) is 39.5 Å². The maximum atomic E-state index is 6.07. The van der Waals surface area contributed by atoms with Gasteiger partial charge in [0.1, 0.15) is 11.5 Å². The lowest BCUT2D eigenvalue weighted by atomic mass is 10.1. The molecule has 172 valence electrons. The highest BCUT2D eigenvalue weighted by Crippen LogP contribution is 2.31. The molecule has 35 heavy (non-hydrogen) atoms. The lowest BCUT2D eigenvalue weighted by Crippen LogP contribution is -2.03. The molecule has 1 aromatic carbocycles. The highest BCUT2D eigenvalue weighted by molar-refractivity contribution is 6.30. The maximum absolute atomic E-state index is 6.07. The number of hydrogen-bond acceptors (Lipinski definition) is 7. The Hall–Kier alpha value is -4.57. The van der Waals surface area contributed by atoms with E-state index in [2.05, 4.69) is 35.7 Å². The molecule has 11 heteroatoms. The molecule has 0 saturated heterocycles. The number of fused-ring (bicyclic) bond motifs is 1. The molecule has 0 atom stereocenters. The summed E-state index contributed by atoms with van der Waals surface area (Å²) in [5.41, 5.74) is 5.02. The molecule has 0 aliphatic heterocycles. The van der Waals surface area contributed by atoms with Crippen molar-refractivity contribution in [1.29, 1.82) is 0 Å². The van der Waals surface area contributed by atoms with Crippen molar-refractivity contribution in [2.75, 3.05) is 5.32 Å². The van der Waals surface area contributed by atoms with Gasteiger partial charge in [-0.15, -0.1) is 10.2 Å². The van der Waals surface area contributed by atoms with Crippen LogP contribution < -0.4 is 5.32 Å². The molecule has 0 amide bonds. The molecule has 10 nitrogen and oxygen atoms in total. The summed E-state index contributed by atoms with van der Waals surface area (Å²) >= 11 is 6.07. The van der Waals surface area contributed by atoms with E-state index in [1.54, 1.807) is 21.8 Å². The van der Waals surface area contributed by atoms with Crippen LogP contribution in [0.4, 0.5) is 11.8 Å². The van der Waals surface area contributed by atoms with E-state index in [9.17, 15) is 0 Å². The lowest BCUT2D eigenvalue weighted by Gasteiger charge is -2.07. The Morgan fingerprint density at radius 2 is 1.77 bits per heavy atom. The standard InChI is InChI=1S/C24H19ClN10/c1-33-14-18(15-3-5-17(25)6-4-15)22(32-33)23-31-30-21-13-16(9-12-35(21)23)19-7-10-26-24(28-19)29-20-8-11-27-34(20)2/h3-14H,1-2H3,(H,26,28,29). The van der Waals surface area contributed by atoms with E-state index in [0.29, 0.717) is 22.4 Å². The SMILES string of the molecule is Cn1cc(-c2ccc(Cl)cc2)c(-c2nnc3cc(-c4ccnc(Nc5ccnn5C)n4)ccn23)n1. The third kappa shape index (κ3) is 3.89. The Labute approximate surface area is 204 Å². The second kappa shape index (κ2) is 8.33. The third-order valence-corrected chi connectivity index (χ3v) is 5.87. The topological polar surface area (TPSA) is 104 Å². The number of anilines is 2. The van der Waals surface area contributed by atoms with Gasteiger partial charge in [-0.2, -0.15) is 10.2 Å². The van der Waals surface area contributed by atoms with Gasteiger partial charge < -0.3 is 5.32 Å². The number of hydrogen-bond donors (Lipinski definition) is 1. The van der Waals surface area contributed by atoms with Crippen LogP contribution in [0.2, 0.25) is 5.02 Å². The molecular formula is C24H19ClN10. The fraction of sp³-hybridized carbons (Fsp3) is 0.0833. The summed E-state index contributed by atoms with van der Waals surface area (Å²) in [6.45, 7) is 0. The number of aromatic nitrogens is 9. The first kappa shape index (κ1) is 21.0. The van der Waals surface area contributed by atoms with Crippen LogP contribution in [0.1, 0.15) is 0 Å². The summed E-state index contributed by atoms with van der Waals surface area (Å²) < 4.78 is 5.41. The molecule has 0 unspecified atom stereocenters. The monoisotopic (exact) mass is 482 g/mol. The van der Waals surface area contributed by atoms with E-state index in [-0.39, 0.29) is 0 Å². The first-order valence-electron chi connectivity index (χ1n) is 10.8. The van der Waals surface area contributed by atoms with Crippen LogP contribution in [-0.2, 0) is 14.1 Å². The minimum absolute atomic E-state index is 0.481. The second-order valence-electron chi connectivity index (χ2n) is 7.97. The summed E-state index contributed by atoms with van der Waals surface area (Å²) in [5, 5.41) is 21.5. The fourth-order valence-corrected chi connectivity index (χ4v) is 4.02. The minimum atomic E-state index is 0.481. The first-order valence-corrected chi connectivity index (χ1v) is 11.2. The van der Waals surface area contributed by atoms with E-state index >= 15 is 0 Å². The number of nitrogens with one attached hydrogen (secondary N) is 1. The number of nitrogens with zero attached hydrogens (tertiary/aromatic N) is 9. The van der Waals surface area contributed by atoms with Crippen molar-refractivity contribution in [3.63, 3.8) is 0 Å². The van der Waals surface area contributed by atoms with Crippen molar-refractivity contribution < 1.29 is 0 Å². The van der Waals surface area contributed by atoms with Crippen molar-refractivity contribution >= 4 is 29.0 Å². The van der Waals surface area contributed by atoms with E-state index in [1.807, 2.05) is 79.4 Å². The number of pyridine rings is 1. The van der Waals surface area contributed by atoms with Gasteiger partial charge >= 0.3 is 0 Å². The minimum Gasteiger partial charge on any atom is -0.309 e. The van der Waals surface area contributed by atoms with Gasteiger partial charge in [0.15, 0.2) is 11.5 Å². The zero-order chi connectivity index (χ0) is 23.9. The van der Waals surface area contributed by atoms with Gasteiger partial charge in [0.05, 0.1) is 11.9 Å². The van der Waals surface area contributed by atoms with Gasteiger partial charge in [0.2, 0.25) is 5.95 Å². The molecule has 0 aliphatic rings. The Kier molecular flexibility index (Phi) is 5.00. The number of halogens is 1. The van der Waals surface area contributed by atoms with Gasteiger partial charge in [-0.05, 0) is 35.9 Å². The zero-order valence-electron chi connectivity index (χ0n) is 18.8. The average molecular weight is 483 g/mol. The Morgan fingerprint density at radius 1 is 0.914 bits per heavy atom. The smallest absolute Gasteiger partial charge is 0.228 e. The predicted molar refractivity (Wildman–Crippen MR) is 133 cm³/mol. The van der Waals surface area contributed by atoms with Gasteiger partial charge in [-0.3, -0.25) is 13.8 Å². The van der Waals surface area contributed by atoms with E-state index in [4.69, 9.17) is 11.6 Å². The number of benzene rings is 1. The Bertz CT molecular complexity index is 1660. The quantitative estimate of drug-likeness (QED) is 0.388. The first-order chi connectivity index (χ1) is 17.0. The largest absolute Gasteiger partial charge is 0.309 e. The molecule has 6 rings (SSSR count). The van der Waals surface area contributed by atoms with Crippen LogP contribution in [0, 0.1) is 0 Å². The van der Waals surface area contributed by atoms with Gasteiger partial charge in [0.25, 0.3) is 0 Å². The normalized spacial score (nSPS) is 11.3. The number of aryl methyl sites for hydroxylation is 2. The summed E-state index contributed by atoms with van der Waals surface area (Å²) in [5.74, 6) is 1.93. The predicted octanol–water partition coefficient (Wildman–Crippen LogP) is 4.38. The maximum Gasteiger partial charge on any atom is 0.228 e. The van der Waals surface area contributed by atoms with Crippen LogP contribution in [0.3, 0.4) is 0 Å². The van der Waals surface area contributed by atoms with Gasteiger partial charge in [0, 0.05) is 54.9 Å². The summed E-state index contributed by atoms with van der Waals surface area (Å²) in [7, 11) is 3.74. The molecule has 0 spiro atoms. The Balaban J connectivity index is 1.37. The summed E-state index contributed by atoms with van der Waals surface area (Å²) in [6, 6.07) is 15.3. The van der Waals surface area contributed by atoms with Crippen LogP contribution in [0.15, 0.2) is 73.3 Å². The molecular weight excluding hydrogens is 464 g/mol. The third-order valence-electron chi connectivity index (χ3n) is 5.62. The fourth-order valence-electron chi connectivity index (χ4n) is 3.90. The van der Waals surface area contributed by atoms with Gasteiger partial charge in [-0.1, -0.05) is 23.7 Å². The average Bonchev–Trinajstić information content (AvgIpc) is 3.58. The van der Waals surface area contributed by atoms with Crippen molar-refractivity contribution in [3.8, 4) is 33.9 Å². The molecule has 1 N–H and O–H groups in total. The van der Waals surface area contributed by atoms with Crippen molar-refractivity contribution in [2.24, 2.45) is 14.1 Å². The van der Waals surface area contributed by atoms with Crippen molar-refractivity contribution in [1.82, 2.24) is 44.1 Å². The van der Waals surface area contributed by atoms with E-state index in [0.717, 1.165) is 33.9 Å². The van der Waals surface area contributed by atoms with Crippen LogP contribution in [-0.4, -0.2) is 44.1 Å². The molecule has 5 aromatic heterocycles. The molecule has 0 radical (unpaired) electrons. The molecule has 5 heterocycles. The highest BCUT2D eigenvalue weighted by atomic mass is 35.5. The van der Waals surface area contributed by atoms with Crippen LogP contribution in [0.5, 0.6) is 0 Å². The lowest BCUT2D eigenvalue weighted by molar-refractivity contribution is 0.768. The van der Waals surface area contributed by atoms with E-state index in [1.165, 1.54) is 0 Å². The molecule has 0 fully saturated rings. The zero-order valence-corrected chi connectivity index (χ0v) is 19.6. The van der Waals surface area contributed by atoms with Crippen LogP contribution >= 0.6 is 11.6 Å². The van der Waals surface area contributed by atoms with Crippen molar-refractivity contribution in [3.05, 3.63) is 78.3 Å². The summed E-state index contributed by atoms with van der Waals surface area (Å²) in [4.78, 5) is 8.97. The Morgan fingerprint density at radius 3 is 2.57 bits per heavy atom. The number of rotatable bonds is 5. The van der Waals surface area contributed by atoms with Gasteiger partial charge in [-0.25, -0.2) is 9.97 Å². The van der Waals surface area contributed by atoms with Crippen molar-refractivity contribution in [2.45, 2.75) is 0 Å². The highest BCUT2D eigenvalue weighted by Gasteiger charge is 2.18. The molecule has 0 bridgehead atoms. The van der Waals surface area contributed by atoms with E-state index < -0.39 is 0 Å². The molecule has 0 saturated carbocycles.